The zero-order valence-corrected chi connectivity index (χ0v) is 11.8. The molecule has 0 fully saturated rings. The second-order valence-corrected chi connectivity index (χ2v) is 5.00. The third-order valence-corrected chi connectivity index (χ3v) is 3.12. The van der Waals surface area contributed by atoms with Crippen molar-refractivity contribution in [2.45, 2.75) is 32.6 Å². The third kappa shape index (κ3) is 3.64. The van der Waals surface area contributed by atoms with E-state index >= 15 is 0 Å². The van der Waals surface area contributed by atoms with Gasteiger partial charge >= 0.3 is 0 Å². The lowest BCUT2D eigenvalue weighted by Crippen LogP contribution is -2.08. The van der Waals surface area contributed by atoms with Crippen molar-refractivity contribution in [1.82, 2.24) is 15.5 Å². The van der Waals surface area contributed by atoms with E-state index in [-0.39, 0.29) is 0 Å². The van der Waals surface area contributed by atoms with Crippen molar-refractivity contribution in [3.8, 4) is 11.4 Å². The lowest BCUT2D eigenvalue weighted by molar-refractivity contribution is 0.375. The predicted molar refractivity (Wildman–Crippen MR) is 76.1 cm³/mol. The van der Waals surface area contributed by atoms with Crippen LogP contribution in [0.25, 0.3) is 11.4 Å². The molecular formula is C15H21N3O. The number of nitrogens with zero attached hydrogens (tertiary/aromatic N) is 2. The monoisotopic (exact) mass is 259 g/mol. The predicted octanol–water partition coefficient (Wildman–Crippen LogP) is 3.01. The number of aryl methyl sites for hydroxylation is 1. The van der Waals surface area contributed by atoms with Crippen LogP contribution in [0.4, 0.5) is 0 Å². The fourth-order valence-electron chi connectivity index (χ4n) is 1.91. The van der Waals surface area contributed by atoms with Gasteiger partial charge in [0, 0.05) is 12.0 Å². The number of hydrogen-bond acceptors (Lipinski definition) is 4. The molecule has 2 aromatic rings. The van der Waals surface area contributed by atoms with Crippen LogP contribution in [0.5, 0.6) is 0 Å². The van der Waals surface area contributed by atoms with Crippen molar-refractivity contribution in [3.05, 3.63) is 35.7 Å². The first-order chi connectivity index (χ1) is 9.20. The second-order valence-electron chi connectivity index (χ2n) is 5.00. The number of hydrogen-bond donors (Lipinski definition) is 1. The van der Waals surface area contributed by atoms with Crippen molar-refractivity contribution < 1.29 is 4.52 Å². The Balaban J connectivity index is 2.05. The van der Waals surface area contributed by atoms with Crippen LogP contribution in [-0.4, -0.2) is 23.7 Å². The lowest BCUT2D eigenvalue weighted by atomic mass is 10.0. The quantitative estimate of drug-likeness (QED) is 0.810. The first kappa shape index (κ1) is 13.7. The van der Waals surface area contributed by atoms with E-state index in [9.17, 15) is 0 Å². The van der Waals surface area contributed by atoms with E-state index in [1.807, 2.05) is 7.05 Å². The minimum absolute atomic E-state index is 0.538. The van der Waals surface area contributed by atoms with Crippen LogP contribution in [0.15, 0.2) is 28.8 Å². The summed E-state index contributed by atoms with van der Waals surface area (Å²) in [6.45, 7) is 5.33. The van der Waals surface area contributed by atoms with Gasteiger partial charge in [0.15, 0.2) is 0 Å². The summed E-state index contributed by atoms with van der Waals surface area (Å²) in [5.74, 6) is 1.92. The SMILES string of the molecule is CNCCCc1nc(-c2ccc(C(C)C)cc2)no1. The molecule has 0 saturated carbocycles. The molecule has 0 spiro atoms. The van der Waals surface area contributed by atoms with Gasteiger partial charge in [0.05, 0.1) is 0 Å². The van der Waals surface area contributed by atoms with Gasteiger partial charge in [0.1, 0.15) is 0 Å². The van der Waals surface area contributed by atoms with Crippen LogP contribution >= 0.6 is 0 Å². The largest absolute Gasteiger partial charge is 0.339 e. The molecule has 0 aliphatic rings. The molecule has 1 heterocycles. The maximum absolute atomic E-state index is 5.25. The molecule has 0 bridgehead atoms. The van der Waals surface area contributed by atoms with E-state index in [2.05, 4.69) is 53.6 Å². The van der Waals surface area contributed by atoms with Crippen LogP contribution in [0.1, 0.15) is 37.6 Å². The molecule has 0 saturated heterocycles. The summed E-state index contributed by atoms with van der Waals surface area (Å²) in [7, 11) is 1.94. The van der Waals surface area contributed by atoms with E-state index in [4.69, 9.17) is 4.52 Å². The molecule has 0 aliphatic carbocycles. The fourth-order valence-corrected chi connectivity index (χ4v) is 1.91. The minimum Gasteiger partial charge on any atom is -0.339 e. The highest BCUT2D eigenvalue weighted by molar-refractivity contribution is 5.54. The van der Waals surface area contributed by atoms with Crippen LogP contribution in [0.3, 0.4) is 0 Å². The topological polar surface area (TPSA) is 51.0 Å². The highest BCUT2D eigenvalue weighted by Crippen LogP contribution is 2.20. The molecule has 4 heteroatoms. The molecule has 2 rings (SSSR count). The molecule has 0 aliphatic heterocycles. The Kier molecular flexibility index (Phi) is 4.68. The summed E-state index contributed by atoms with van der Waals surface area (Å²) in [6, 6.07) is 8.35. The Morgan fingerprint density at radius 2 is 1.95 bits per heavy atom. The summed E-state index contributed by atoms with van der Waals surface area (Å²) in [5, 5.41) is 7.14. The average Bonchev–Trinajstić information content (AvgIpc) is 2.88. The Labute approximate surface area is 114 Å². The fraction of sp³-hybridized carbons (Fsp3) is 0.467. The molecule has 4 nitrogen and oxygen atoms in total. The van der Waals surface area contributed by atoms with E-state index in [0.29, 0.717) is 17.6 Å². The van der Waals surface area contributed by atoms with E-state index in [1.54, 1.807) is 0 Å². The molecule has 1 aromatic heterocycles. The normalized spacial score (nSPS) is 11.2. The van der Waals surface area contributed by atoms with Gasteiger partial charge in [-0.15, -0.1) is 0 Å². The third-order valence-electron chi connectivity index (χ3n) is 3.12. The number of nitrogens with one attached hydrogen (secondary N) is 1. The van der Waals surface area contributed by atoms with Crippen LogP contribution in [0, 0.1) is 0 Å². The molecule has 1 aromatic carbocycles. The summed E-state index contributed by atoms with van der Waals surface area (Å²) in [5.41, 5.74) is 2.33. The lowest BCUT2D eigenvalue weighted by Gasteiger charge is -2.04. The highest BCUT2D eigenvalue weighted by Gasteiger charge is 2.08. The summed E-state index contributed by atoms with van der Waals surface area (Å²) >= 11 is 0. The van der Waals surface area contributed by atoms with Gasteiger partial charge in [-0.2, -0.15) is 4.98 Å². The molecular weight excluding hydrogens is 238 g/mol. The van der Waals surface area contributed by atoms with Gasteiger partial charge in [-0.3, -0.25) is 0 Å². The van der Waals surface area contributed by atoms with Crippen LogP contribution in [-0.2, 0) is 6.42 Å². The summed E-state index contributed by atoms with van der Waals surface area (Å²) < 4.78 is 5.25. The van der Waals surface area contributed by atoms with Gasteiger partial charge in [-0.05, 0) is 31.5 Å². The van der Waals surface area contributed by atoms with Gasteiger partial charge < -0.3 is 9.84 Å². The Hall–Kier alpha value is -1.68. The smallest absolute Gasteiger partial charge is 0.227 e. The average molecular weight is 259 g/mol. The van der Waals surface area contributed by atoms with Gasteiger partial charge in [0.25, 0.3) is 0 Å². The number of aromatic nitrogens is 2. The standard InChI is InChI=1S/C15H21N3O/c1-11(2)12-6-8-13(9-7-12)15-17-14(19-18-15)5-4-10-16-3/h6-9,11,16H,4-5,10H2,1-3H3. The van der Waals surface area contributed by atoms with Crippen molar-refractivity contribution >= 4 is 0 Å². The van der Waals surface area contributed by atoms with Gasteiger partial charge in [-0.1, -0.05) is 43.3 Å². The minimum atomic E-state index is 0.538. The van der Waals surface area contributed by atoms with Crippen LogP contribution in [0.2, 0.25) is 0 Å². The van der Waals surface area contributed by atoms with Gasteiger partial charge in [0.2, 0.25) is 11.7 Å². The van der Waals surface area contributed by atoms with E-state index < -0.39 is 0 Å². The van der Waals surface area contributed by atoms with Crippen molar-refractivity contribution in [2.75, 3.05) is 13.6 Å². The molecule has 1 N–H and O–H groups in total. The molecule has 0 amide bonds. The molecule has 102 valence electrons. The zero-order chi connectivity index (χ0) is 13.7. The van der Waals surface area contributed by atoms with Crippen molar-refractivity contribution in [3.63, 3.8) is 0 Å². The maximum Gasteiger partial charge on any atom is 0.227 e. The summed E-state index contributed by atoms with van der Waals surface area (Å²) in [4.78, 5) is 4.42. The van der Waals surface area contributed by atoms with Crippen molar-refractivity contribution in [2.24, 2.45) is 0 Å². The van der Waals surface area contributed by atoms with Crippen molar-refractivity contribution in [1.29, 1.82) is 0 Å². The van der Waals surface area contributed by atoms with Crippen LogP contribution < -0.4 is 5.32 Å². The van der Waals surface area contributed by atoms with E-state index in [1.165, 1.54) is 5.56 Å². The second kappa shape index (κ2) is 6.48. The van der Waals surface area contributed by atoms with E-state index in [0.717, 1.165) is 24.9 Å². The molecule has 0 atom stereocenters. The first-order valence-corrected chi connectivity index (χ1v) is 6.78. The Morgan fingerprint density at radius 1 is 1.21 bits per heavy atom. The molecule has 0 unspecified atom stereocenters. The first-order valence-electron chi connectivity index (χ1n) is 6.78. The maximum atomic E-state index is 5.25. The number of benzene rings is 1. The Bertz CT molecular complexity index is 502. The van der Waals surface area contributed by atoms with Gasteiger partial charge in [-0.25, -0.2) is 0 Å². The molecule has 0 radical (unpaired) electrons. The summed E-state index contributed by atoms with van der Waals surface area (Å²) in [6.07, 6.45) is 1.82. The Morgan fingerprint density at radius 3 is 2.58 bits per heavy atom. The number of rotatable bonds is 6. The highest BCUT2D eigenvalue weighted by atomic mass is 16.5. The zero-order valence-electron chi connectivity index (χ0n) is 11.8. The molecule has 19 heavy (non-hydrogen) atoms.